The summed E-state index contributed by atoms with van der Waals surface area (Å²) < 4.78 is 0. The zero-order valence-corrected chi connectivity index (χ0v) is 14.2. The summed E-state index contributed by atoms with van der Waals surface area (Å²) in [5.74, 6) is -0.523. The molecule has 0 spiro atoms. The predicted molar refractivity (Wildman–Crippen MR) is 85.9 cm³/mol. The number of nitrogens with zero attached hydrogens (tertiary/aromatic N) is 1. The van der Waals surface area contributed by atoms with Crippen LogP contribution in [0, 0.1) is 0 Å². The molecule has 1 aromatic carbocycles. The van der Waals surface area contributed by atoms with Crippen molar-refractivity contribution in [2.45, 2.75) is 33.2 Å². The van der Waals surface area contributed by atoms with Crippen molar-refractivity contribution in [2.75, 3.05) is 13.1 Å². The molecule has 116 valence electrons. The van der Waals surface area contributed by atoms with Gasteiger partial charge in [0.25, 0.3) is 5.91 Å². The van der Waals surface area contributed by atoms with E-state index in [1.54, 1.807) is 25.1 Å². The molecule has 0 atom stereocenters. The highest BCUT2D eigenvalue weighted by Gasteiger charge is 2.22. The van der Waals surface area contributed by atoms with Gasteiger partial charge >= 0.3 is 0 Å². The second-order valence-corrected chi connectivity index (χ2v) is 6.50. The fourth-order valence-electron chi connectivity index (χ4n) is 1.80. The van der Waals surface area contributed by atoms with Crippen LogP contribution < -0.4 is 5.32 Å². The van der Waals surface area contributed by atoms with Crippen LogP contribution >= 0.6 is 23.2 Å². The Kier molecular flexibility index (Phi) is 6.05. The lowest BCUT2D eigenvalue weighted by atomic mass is 10.1. The van der Waals surface area contributed by atoms with Crippen LogP contribution in [0.5, 0.6) is 0 Å². The molecule has 0 aromatic heterocycles. The van der Waals surface area contributed by atoms with Crippen molar-refractivity contribution in [3.8, 4) is 0 Å². The molecule has 0 radical (unpaired) electrons. The number of carbonyl (C=O) groups is 2. The van der Waals surface area contributed by atoms with Gasteiger partial charge in [-0.25, -0.2) is 0 Å². The average Bonchev–Trinajstić information content (AvgIpc) is 2.36. The van der Waals surface area contributed by atoms with Gasteiger partial charge in [0.1, 0.15) is 0 Å². The number of hydrogen-bond donors (Lipinski definition) is 1. The number of amides is 2. The lowest BCUT2D eigenvalue weighted by Gasteiger charge is -2.25. The van der Waals surface area contributed by atoms with E-state index in [1.165, 1.54) is 4.90 Å². The molecule has 1 aromatic rings. The summed E-state index contributed by atoms with van der Waals surface area (Å²) in [6.45, 7) is 7.85. The molecule has 0 saturated heterocycles. The number of likely N-dealkylation sites (N-methyl/N-ethyl adjacent to an activating group) is 1. The van der Waals surface area contributed by atoms with E-state index >= 15 is 0 Å². The number of carbonyl (C=O) groups excluding carboxylic acids is 2. The van der Waals surface area contributed by atoms with Crippen molar-refractivity contribution in [2.24, 2.45) is 0 Å². The molecule has 0 aliphatic carbocycles. The van der Waals surface area contributed by atoms with Crippen LogP contribution in [-0.2, 0) is 4.79 Å². The van der Waals surface area contributed by atoms with Crippen LogP contribution in [0.25, 0.3) is 0 Å². The van der Waals surface area contributed by atoms with Crippen molar-refractivity contribution >= 4 is 35.0 Å². The van der Waals surface area contributed by atoms with E-state index in [1.807, 2.05) is 20.8 Å². The highest BCUT2D eigenvalue weighted by atomic mass is 35.5. The summed E-state index contributed by atoms with van der Waals surface area (Å²) in [5.41, 5.74) is -0.0395. The fourth-order valence-corrected chi connectivity index (χ4v) is 2.18. The predicted octanol–water partition coefficient (Wildman–Crippen LogP) is 3.37. The Morgan fingerprint density at radius 1 is 1.24 bits per heavy atom. The molecule has 0 heterocycles. The normalized spacial score (nSPS) is 11.1. The van der Waals surface area contributed by atoms with Gasteiger partial charge < -0.3 is 10.2 Å². The first-order valence-corrected chi connectivity index (χ1v) is 7.45. The molecular formula is C15H20Cl2N2O2. The molecule has 2 amide bonds. The smallest absolute Gasteiger partial charge is 0.255 e. The number of benzene rings is 1. The summed E-state index contributed by atoms with van der Waals surface area (Å²) in [6.07, 6.45) is 0. The van der Waals surface area contributed by atoms with E-state index < -0.39 is 0 Å². The Hall–Kier alpha value is -1.26. The molecule has 0 fully saturated rings. The van der Waals surface area contributed by atoms with Crippen LogP contribution in [0.2, 0.25) is 10.0 Å². The second-order valence-electron chi connectivity index (χ2n) is 5.72. The van der Waals surface area contributed by atoms with Gasteiger partial charge in [0.2, 0.25) is 5.91 Å². The maximum atomic E-state index is 12.5. The number of hydrogen-bond acceptors (Lipinski definition) is 2. The molecular weight excluding hydrogens is 311 g/mol. The Labute approximate surface area is 135 Å². The lowest BCUT2D eigenvalue weighted by molar-refractivity contribution is -0.123. The zero-order valence-electron chi connectivity index (χ0n) is 12.7. The van der Waals surface area contributed by atoms with Crippen LogP contribution in [0.3, 0.4) is 0 Å². The van der Waals surface area contributed by atoms with Crippen LogP contribution in [-0.4, -0.2) is 35.3 Å². The van der Waals surface area contributed by atoms with Gasteiger partial charge in [0, 0.05) is 12.1 Å². The van der Waals surface area contributed by atoms with Crippen molar-refractivity contribution in [3.05, 3.63) is 33.8 Å². The monoisotopic (exact) mass is 330 g/mol. The van der Waals surface area contributed by atoms with Gasteiger partial charge in [-0.1, -0.05) is 29.3 Å². The average molecular weight is 331 g/mol. The first kappa shape index (κ1) is 17.8. The van der Waals surface area contributed by atoms with E-state index in [4.69, 9.17) is 23.2 Å². The molecule has 21 heavy (non-hydrogen) atoms. The number of halogens is 2. The highest BCUT2D eigenvalue weighted by Crippen LogP contribution is 2.26. The Morgan fingerprint density at radius 2 is 1.86 bits per heavy atom. The van der Waals surface area contributed by atoms with Crippen LogP contribution in [0.1, 0.15) is 38.1 Å². The largest absolute Gasteiger partial charge is 0.350 e. The zero-order chi connectivity index (χ0) is 16.2. The maximum absolute atomic E-state index is 12.5. The van der Waals surface area contributed by atoms with Gasteiger partial charge in [-0.05, 0) is 39.8 Å². The Bertz CT molecular complexity index is 539. The molecule has 0 bridgehead atoms. The summed E-state index contributed by atoms with van der Waals surface area (Å²) >= 11 is 12.0. The highest BCUT2D eigenvalue weighted by molar-refractivity contribution is 6.43. The number of rotatable bonds is 4. The van der Waals surface area contributed by atoms with E-state index in [0.29, 0.717) is 17.1 Å². The van der Waals surface area contributed by atoms with E-state index in [2.05, 4.69) is 5.32 Å². The molecule has 6 heteroatoms. The second kappa shape index (κ2) is 7.14. The molecule has 1 N–H and O–H groups in total. The van der Waals surface area contributed by atoms with Gasteiger partial charge in [-0.15, -0.1) is 0 Å². The molecule has 4 nitrogen and oxygen atoms in total. The Morgan fingerprint density at radius 3 is 2.38 bits per heavy atom. The van der Waals surface area contributed by atoms with Gasteiger partial charge in [-0.2, -0.15) is 0 Å². The van der Waals surface area contributed by atoms with E-state index in [-0.39, 0.29) is 28.9 Å². The van der Waals surface area contributed by atoms with Crippen molar-refractivity contribution in [1.82, 2.24) is 10.2 Å². The summed E-state index contributed by atoms with van der Waals surface area (Å²) in [7, 11) is 0. The minimum atomic E-state index is -0.340. The summed E-state index contributed by atoms with van der Waals surface area (Å²) in [5, 5.41) is 3.35. The number of nitrogens with one attached hydrogen (secondary N) is 1. The third kappa shape index (κ3) is 5.21. The first-order chi connectivity index (χ1) is 9.65. The lowest BCUT2D eigenvalue weighted by Crippen LogP contribution is -2.47. The standard InChI is InChI=1S/C15H20Cl2N2O2/c1-5-19(9-12(20)18-15(2,3)4)14(21)10-7-6-8-11(16)13(10)17/h6-8H,5,9H2,1-4H3,(H,18,20). The van der Waals surface area contributed by atoms with Gasteiger partial charge in [-0.3, -0.25) is 9.59 Å². The molecule has 1 rings (SSSR count). The fraction of sp³-hybridized carbons (Fsp3) is 0.467. The van der Waals surface area contributed by atoms with Crippen LogP contribution in [0.15, 0.2) is 18.2 Å². The van der Waals surface area contributed by atoms with Gasteiger partial charge in [0.15, 0.2) is 0 Å². The summed E-state index contributed by atoms with van der Waals surface area (Å²) in [4.78, 5) is 25.8. The molecule has 0 aliphatic rings. The molecule has 0 aliphatic heterocycles. The quantitative estimate of drug-likeness (QED) is 0.920. The first-order valence-electron chi connectivity index (χ1n) is 6.70. The third-order valence-electron chi connectivity index (χ3n) is 2.70. The molecule has 0 unspecified atom stereocenters. The van der Waals surface area contributed by atoms with Crippen LogP contribution in [0.4, 0.5) is 0 Å². The van der Waals surface area contributed by atoms with Crippen molar-refractivity contribution in [3.63, 3.8) is 0 Å². The van der Waals surface area contributed by atoms with E-state index in [0.717, 1.165) is 0 Å². The van der Waals surface area contributed by atoms with Crippen molar-refractivity contribution in [1.29, 1.82) is 0 Å². The van der Waals surface area contributed by atoms with E-state index in [9.17, 15) is 9.59 Å². The topological polar surface area (TPSA) is 49.4 Å². The van der Waals surface area contributed by atoms with Crippen molar-refractivity contribution < 1.29 is 9.59 Å². The third-order valence-corrected chi connectivity index (χ3v) is 3.52. The minimum absolute atomic E-state index is 0.0184. The minimum Gasteiger partial charge on any atom is -0.350 e. The Balaban J connectivity index is 2.87. The van der Waals surface area contributed by atoms with Gasteiger partial charge in [0.05, 0.1) is 22.2 Å². The maximum Gasteiger partial charge on any atom is 0.255 e. The SMILES string of the molecule is CCN(CC(=O)NC(C)(C)C)C(=O)c1cccc(Cl)c1Cl. The summed E-state index contributed by atoms with van der Waals surface area (Å²) in [6, 6.07) is 4.87. The molecule has 0 saturated carbocycles.